The first kappa shape index (κ1) is 10.3. The van der Waals surface area contributed by atoms with Crippen LogP contribution in [-0.4, -0.2) is 10.1 Å². The van der Waals surface area contributed by atoms with Crippen LogP contribution in [0.4, 0.5) is 0 Å². The highest BCUT2D eigenvalue weighted by Gasteiger charge is 2.11. The van der Waals surface area contributed by atoms with E-state index in [-0.39, 0.29) is 6.04 Å². The van der Waals surface area contributed by atoms with Gasteiger partial charge in [0, 0.05) is 10.0 Å². The topological polar surface area (TPSA) is 64.9 Å². The molecule has 0 spiro atoms. The number of rotatable bonds is 2. The molecule has 0 saturated carbocycles. The number of aromatic nitrogens is 2. The van der Waals surface area contributed by atoms with Crippen LogP contribution in [-0.2, 0) is 0 Å². The molecule has 1 atom stereocenters. The Labute approximate surface area is 95.6 Å². The van der Waals surface area contributed by atoms with E-state index in [1.807, 2.05) is 24.3 Å². The molecule has 1 heterocycles. The predicted octanol–water partition coefficient (Wildman–Crippen LogP) is 2.52. The Morgan fingerprint density at radius 2 is 2.27 bits per heavy atom. The van der Waals surface area contributed by atoms with E-state index >= 15 is 0 Å². The molecule has 0 fully saturated rings. The van der Waals surface area contributed by atoms with E-state index in [0.717, 1.165) is 10.0 Å². The van der Waals surface area contributed by atoms with E-state index in [1.54, 1.807) is 6.92 Å². The SMILES string of the molecule is CC(N)c1nc(-c2cccc(Br)c2)no1. The molecule has 5 heteroatoms. The molecule has 0 saturated heterocycles. The van der Waals surface area contributed by atoms with Crippen LogP contribution in [0.2, 0.25) is 0 Å². The lowest BCUT2D eigenvalue weighted by molar-refractivity contribution is 0.362. The normalized spacial score (nSPS) is 12.7. The van der Waals surface area contributed by atoms with Gasteiger partial charge in [0.2, 0.25) is 11.7 Å². The third-order valence-corrected chi connectivity index (χ3v) is 2.41. The summed E-state index contributed by atoms with van der Waals surface area (Å²) in [5.74, 6) is 1.01. The van der Waals surface area contributed by atoms with Crippen molar-refractivity contribution in [1.29, 1.82) is 0 Å². The molecular formula is C10H10BrN3O. The van der Waals surface area contributed by atoms with Crippen molar-refractivity contribution in [1.82, 2.24) is 10.1 Å². The van der Waals surface area contributed by atoms with Gasteiger partial charge in [-0.25, -0.2) is 0 Å². The summed E-state index contributed by atoms with van der Waals surface area (Å²) in [5, 5.41) is 3.86. The first-order valence-corrected chi connectivity index (χ1v) is 5.31. The summed E-state index contributed by atoms with van der Waals surface area (Å²) in [7, 11) is 0. The Hall–Kier alpha value is -1.20. The minimum atomic E-state index is -0.238. The zero-order valence-corrected chi connectivity index (χ0v) is 9.73. The Morgan fingerprint density at radius 1 is 1.47 bits per heavy atom. The fourth-order valence-corrected chi connectivity index (χ4v) is 1.56. The average molecular weight is 268 g/mol. The van der Waals surface area contributed by atoms with Crippen molar-refractivity contribution in [3.8, 4) is 11.4 Å². The maximum Gasteiger partial charge on any atom is 0.243 e. The van der Waals surface area contributed by atoms with Crippen LogP contribution >= 0.6 is 15.9 Å². The van der Waals surface area contributed by atoms with E-state index in [0.29, 0.717) is 11.7 Å². The van der Waals surface area contributed by atoms with Crippen LogP contribution in [0.15, 0.2) is 33.3 Å². The molecule has 15 heavy (non-hydrogen) atoms. The van der Waals surface area contributed by atoms with Gasteiger partial charge in [0.15, 0.2) is 0 Å². The second kappa shape index (κ2) is 4.12. The van der Waals surface area contributed by atoms with Gasteiger partial charge in [-0.05, 0) is 19.1 Å². The summed E-state index contributed by atoms with van der Waals surface area (Å²) in [6.45, 7) is 1.80. The molecule has 0 aliphatic heterocycles. The van der Waals surface area contributed by atoms with Crippen molar-refractivity contribution in [2.24, 2.45) is 5.73 Å². The highest BCUT2D eigenvalue weighted by Crippen LogP contribution is 2.21. The number of nitrogens with two attached hydrogens (primary N) is 1. The maximum atomic E-state index is 5.63. The van der Waals surface area contributed by atoms with Gasteiger partial charge in [-0.1, -0.05) is 33.2 Å². The van der Waals surface area contributed by atoms with Crippen molar-refractivity contribution in [3.05, 3.63) is 34.6 Å². The van der Waals surface area contributed by atoms with E-state index < -0.39 is 0 Å². The molecule has 0 aliphatic rings. The van der Waals surface area contributed by atoms with Gasteiger partial charge in [0.1, 0.15) is 0 Å². The van der Waals surface area contributed by atoms with Gasteiger partial charge in [0.25, 0.3) is 0 Å². The van der Waals surface area contributed by atoms with Gasteiger partial charge >= 0.3 is 0 Å². The smallest absolute Gasteiger partial charge is 0.243 e. The quantitative estimate of drug-likeness (QED) is 0.908. The zero-order valence-electron chi connectivity index (χ0n) is 8.14. The summed E-state index contributed by atoms with van der Waals surface area (Å²) < 4.78 is 6.00. The lowest BCUT2D eigenvalue weighted by atomic mass is 10.2. The molecule has 1 aromatic carbocycles. The molecule has 2 N–H and O–H groups in total. The Bertz CT molecular complexity index is 467. The minimum absolute atomic E-state index is 0.238. The third kappa shape index (κ3) is 2.24. The average Bonchev–Trinajstić information content (AvgIpc) is 2.66. The van der Waals surface area contributed by atoms with Crippen molar-refractivity contribution < 1.29 is 4.52 Å². The molecule has 0 radical (unpaired) electrons. The highest BCUT2D eigenvalue weighted by molar-refractivity contribution is 9.10. The fourth-order valence-electron chi connectivity index (χ4n) is 1.16. The van der Waals surface area contributed by atoms with Gasteiger partial charge in [-0.15, -0.1) is 0 Å². The number of hydrogen-bond acceptors (Lipinski definition) is 4. The lowest BCUT2D eigenvalue weighted by Crippen LogP contribution is -2.04. The summed E-state index contributed by atoms with van der Waals surface area (Å²) in [6.07, 6.45) is 0. The van der Waals surface area contributed by atoms with Gasteiger partial charge < -0.3 is 10.3 Å². The van der Waals surface area contributed by atoms with Crippen LogP contribution in [0.3, 0.4) is 0 Å². The van der Waals surface area contributed by atoms with E-state index in [9.17, 15) is 0 Å². The van der Waals surface area contributed by atoms with Crippen molar-refractivity contribution in [3.63, 3.8) is 0 Å². The molecular weight excluding hydrogens is 258 g/mol. The van der Waals surface area contributed by atoms with Crippen LogP contribution in [0, 0.1) is 0 Å². The van der Waals surface area contributed by atoms with E-state index in [4.69, 9.17) is 10.3 Å². The molecule has 78 valence electrons. The molecule has 0 amide bonds. The monoisotopic (exact) mass is 267 g/mol. The van der Waals surface area contributed by atoms with Gasteiger partial charge in [-0.3, -0.25) is 0 Å². The molecule has 4 nitrogen and oxygen atoms in total. The second-order valence-corrected chi connectivity index (χ2v) is 4.17. The molecule has 2 rings (SSSR count). The van der Waals surface area contributed by atoms with Gasteiger partial charge in [-0.2, -0.15) is 4.98 Å². The van der Waals surface area contributed by atoms with Crippen LogP contribution < -0.4 is 5.73 Å². The Balaban J connectivity index is 2.37. The van der Waals surface area contributed by atoms with Crippen molar-refractivity contribution >= 4 is 15.9 Å². The van der Waals surface area contributed by atoms with Crippen LogP contribution in [0.5, 0.6) is 0 Å². The number of nitrogens with zero attached hydrogens (tertiary/aromatic N) is 2. The number of hydrogen-bond donors (Lipinski definition) is 1. The van der Waals surface area contributed by atoms with Crippen LogP contribution in [0.1, 0.15) is 18.9 Å². The second-order valence-electron chi connectivity index (χ2n) is 3.26. The first-order chi connectivity index (χ1) is 7.16. The molecule has 1 unspecified atom stereocenters. The number of benzene rings is 1. The Kier molecular flexibility index (Phi) is 2.83. The maximum absolute atomic E-state index is 5.63. The van der Waals surface area contributed by atoms with Gasteiger partial charge in [0.05, 0.1) is 6.04 Å². The number of halogens is 1. The summed E-state index contributed by atoms with van der Waals surface area (Å²) in [5.41, 5.74) is 6.53. The molecule has 2 aromatic rings. The lowest BCUT2D eigenvalue weighted by Gasteiger charge is -1.95. The highest BCUT2D eigenvalue weighted by atomic mass is 79.9. The molecule has 0 aliphatic carbocycles. The predicted molar refractivity (Wildman–Crippen MR) is 60.0 cm³/mol. The van der Waals surface area contributed by atoms with Crippen molar-refractivity contribution in [2.45, 2.75) is 13.0 Å². The summed E-state index contributed by atoms with van der Waals surface area (Å²) in [6, 6.07) is 7.46. The van der Waals surface area contributed by atoms with Crippen molar-refractivity contribution in [2.75, 3.05) is 0 Å². The standard InChI is InChI=1S/C10H10BrN3O/c1-6(12)10-13-9(14-15-10)7-3-2-4-8(11)5-7/h2-6H,12H2,1H3. The van der Waals surface area contributed by atoms with E-state index in [2.05, 4.69) is 26.1 Å². The minimum Gasteiger partial charge on any atom is -0.337 e. The van der Waals surface area contributed by atoms with Crippen LogP contribution in [0.25, 0.3) is 11.4 Å². The molecule has 1 aromatic heterocycles. The van der Waals surface area contributed by atoms with E-state index in [1.165, 1.54) is 0 Å². The largest absolute Gasteiger partial charge is 0.337 e. The fraction of sp³-hybridized carbons (Fsp3) is 0.200. The zero-order chi connectivity index (χ0) is 10.8. The molecule has 0 bridgehead atoms. The first-order valence-electron chi connectivity index (χ1n) is 4.52. The Morgan fingerprint density at radius 3 is 2.87 bits per heavy atom. The summed E-state index contributed by atoms with van der Waals surface area (Å²) >= 11 is 3.38. The third-order valence-electron chi connectivity index (χ3n) is 1.91. The summed E-state index contributed by atoms with van der Waals surface area (Å²) in [4.78, 5) is 4.20.